The number of ether oxygens (including phenoxy) is 2. The van der Waals surface area contributed by atoms with Gasteiger partial charge in [0.05, 0.1) is 24.0 Å². The molecule has 0 amide bonds. The molecule has 0 radical (unpaired) electrons. The largest absolute Gasteiger partial charge is 0.497 e. The lowest BCUT2D eigenvalue weighted by Gasteiger charge is -2.18. The number of hydrogen-bond donors (Lipinski definition) is 1. The summed E-state index contributed by atoms with van der Waals surface area (Å²) in [5.74, 6) is 1.05. The van der Waals surface area contributed by atoms with Crippen LogP contribution in [-0.2, 0) is 10.0 Å². The number of benzene rings is 2. The van der Waals surface area contributed by atoms with Crippen LogP contribution in [0, 0.1) is 10.1 Å². The second-order valence-corrected chi connectivity index (χ2v) is 6.92. The van der Waals surface area contributed by atoms with E-state index in [1.165, 1.54) is 32.4 Å². The number of non-ortho nitro benzene ring substituents is 1. The third-order valence-corrected chi connectivity index (χ3v) is 5.11. The van der Waals surface area contributed by atoms with Crippen LogP contribution < -0.4 is 14.2 Å². The molecule has 1 atom stereocenters. The van der Waals surface area contributed by atoms with E-state index < -0.39 is 21.0 Å². The predicted molar refractivity (Wildman–Crippen MR) is 91.4 cm³/mol. The van der Waals surface area contributed by atoms with Crippen LogP contribution in [0.1, 0.15) is 18.5 Å². The predicted octanol–water partition coefficient (Wildman–Crippen LogP) is 2.65. The minimum Gasteiger partial charge on any atom is -0.497 e. The van der Waals surface area contributed by atoms with E-state index in [1.807, 2.05) is 0 Å². The van der Waals surface area contributed by atoms with Gasteiger partial charge in [0.25, 0.3) is 5.69 Å². The van der Waals surface area contributed by atoms with Gasteiger partial charge < -0.3 is 9.47 Å². The maximum atomic E-state index is 12.5. The zero-order valence-electron chi connectivity index (χ0n) is 13.9. The van der Waals surface area contributed by atoms with Gasteiger partial charge in [0.1, 0.15) is 11.5 Å². The summed E-state index contributed by atoms with van der Waals surface area (Å²) in [5, 5.41) is 10.8. The Morgan fingerprint density at radius 1 is 1.12 bits per heavy atom. The van der Waals surface area contributed by atoms with Crippen LogP contribution in [0.5, 0.6) is 11.5 Å². The highest BCUT2D eigenvalue weighted by Gasteiger charge is 2.22. The van der Waals surface area contributed by atoms with Crippen LogP contribution in [0.3, 0.4) is 0 Å². The summed E-state index contributed by atoms with van der Waals surface area (Å²) in [6.07, 6.45) is 0. The average molecular weight is 366 g/mol. The first-order chi connectivity index (χ1) is 11.8. The standard InChI is InChI=1S/C16H18N2O6S/c1-11(15-10-13(23-2)7-8-16(15)24-3)17-25(21,22)14-6-4-5-12(9-14)18(19)20/h4-11,17H,1-3H3. The lowest BCUT2D eigenvalue weighted by atomic mass is 10.1. The minimum atomic E-state index is -3.96. The van der Waals surface area contributed by atoms with Crippen LogP contribution in [0.25, 0.3) is 0 Å². The zero-order valence-corrected chi connectivity index (χ0v) is 14.7. The first-order valence-electron chi connectivity index (χ1n) is 7.27. The quantitative estimate of drug-likeness (QED) is 0.596. The molecule has 0 heterocycles. The van der Waals surface area contributed by atoms with Crippen molar-refractivity contribution >= 4 is 15.7 Å². The van der Waals surface area contributed by atoms with Gasteiger partial charge in [0.2, 0.25) is 10.0 Å². The van der Waals surface area contributed by atoms with Crippen molar-refractivity contribution in [1.82, 2.24) is 4.72 Å². The van der Waals surface area contributed by atoms with Crippen molar-refractivity contribution in [1.29, 1.82) is 0 Å². The van der Waals surface area contributed by atoms with Crippen LogP contribution in [0.15, 0.2) is 47.4 Å². The first kappa shape index (κ1) is 18.7. The number of nitro groups is 1. The number of sulfonamides is 1. The van der Waals surface area contributed by atoms with E-state index in [4.69, 9.17) is 9.47 Å². The van der Waals surface area contributed by atoms with Gasteiger partial charge in [0, 0.05) is 23.7 Å². The Kier molecular flexibility index (Phi) is 5.60. The molecule has 0 aromatic heterocycles. The number of nitrogens with zero attached hydrogens (tertiary/aromatic N) is 1. The molecule has 2 aromatic rings. The molecule has 0 saturated carbocycles. The third kappa shape index (κ3) is 4.25. The van der Waals surface area contributed by atoms with Gasteiger partial charge in [-0.2, -0.15) is 0 Å². The van der Waals surface area contributed by atoms with Crippen LogP contribution in [-0.4, -0.2) is 27.6 Å². The highest BCUT2D eigenvalue weighted by molar-refractivity contribution is 7.89. The molecule has 0 bridgehead atoms. The number of hydrogen-bond acceptors (Lipinski definition) is 6. The Morgan fingerprint density at radius 3 is 2.44 bits per heavy atom. The fourth-order valence-electron chi connectivity index (χ4n) is 2.31. The van der Waals surface area contributed by atoms with Gasteiger partial charge in [-0.05, 0) is 31.2 Å². The minimum absolute atomic E-state index is 0.185. The fraction of sp³-hybridized carbons (Fsp3) is 0.250. The Morgan fingerprint density at radius 2 is 1.84 bits per heavy atom. The highest BCUT2D eigenvalue weighted by atomic mass is 32.2. The van der Waals surface area contributed by atoms with Gasteiger partial charge in [-0.3, -0.25) is 10.1 Å². The molecule has 0 saturated heterocycles. The normalized spacial score (nSPS) is 12.4. The zero-order chi connectivity index (χ0) is 18.6. The molecule has 0 aliphatic carbocycles. The first-order valence-corrected chi connectivity index (χ1v) is 8.75. The van der Waals surface area contributed by atoms with Gasteiger partial charge in [0.15, 0.2) is 0 Å². The van der Waals surface area contributed by atoms with Crippen molar-refractivity contribution in [3.63, 3.8) is 0 Å². The molecule has 8 nitrogen and oxygen atoms in total. The van der Waals surface area contributed by atoms with Crippen molar-refractivity contribution in [2.24, 2.45) is 0 Å². The summed E-state index contributed by atoms with van der Waals surface area (Å²) in [5.41, 5.74) is 0.283. The summed E-state index contributed by atoms with van der Waals surface area (Å²) in [4.78, 5) is 10.0. The Hall–Kier alpha value is -2.65. The van der Waals surface area contributed by atoms with E-state index in [9.17, 15) is 18.5 Å². The molecular weight excluding hydrogens is 348 g/mol. The van der Waals surface area contributed by atoms with E-state index in [1.54, 1.807) is 25.1 Å². The molecule has 134 valence electrons. The van der Waals surface area contributed by atoms with Crippen molar-refractivity contribution < 1.29 is 22.8 Å². The number of methoxy groups -OCH3 is 2. The second-order valence-electron chi connectivity index (χ2n) is 5.21. The average Bonchev–Trinajstić information content (AvgIpc) is 2.60. The fourth-order valence-corrected chi connectivity index (χ4v) is 3.57. The maximum Gasteiger partial charge on any atom is 0.270 e. The molecular formula is C16H18N2O6S. The van der Waals surface area contributed by atoms with Crippen molar-refractivity contribution in [3.8, 4) is 11.5 Å². The second kappa shape index (κ2) is 7.49. The molecule has 1 unspecified atom stereocenters. The lowest BCUT2D eigenvalue weighted by molar-refractivity contribution is -0.385. The Balaban J connectivity index is 2.34. The van der Waals surface area contributed by atoms with Crippen LogP contribution >= 0.6 is 0 Å². The van der Waals surface area contributed by atoms with Gasteiger partial charge >= 0.3 is 0 Å². The van der Waals surface area contributed by atoms with E-state index >= 15 is 0 Å². The lowest BCUT2D eigenvalue weighted by Crippen LogP contribution is -2.27. The third-order valence-electron chi connectivity index (χ3n) is 3.57. The van der Waals surface area contributed by atoms with Gasteiger partial charge in [-0.15, -0.1) is 0 Å². The van der Waals surface area contributed by atoms with Crippen LogP contribution in [0.2, 0.25) is 0 Å². The molecule has 0 fully saturated rings. The Bertz CT molecular complexity index is 882. The number of rotatable bonds is 7. The summed E-state index contributed by atoms with van der Waals surface area (Å²) >= 11 is 0. The molecule has 25 heavy (non-hydrogen) atoms. The van der Waals surface area contributed by atoms with E-state index in [0.29, 0.717) is 17.1 Å². The highest BCUT2D eigenvalue weighted by Crippen LogP contribution is 2.30. The van der Waals surface area contributed by atoms with Crippen molar-refractivity contribution in [2.45, 2.75) is 17.9 Å². The molecule has 2 aromatic carbocycles. The molecule has 9 heteroatoms. The van der Waals surface area contributed by atoms with Gasteiger partial charge in [-0.25, -0.2) is 13.1 Å². The summed E-state index contributed by atoms with van der Waals surface area (Å²) < 4.78 is 38.0. The Labute approximate surface area is 145 Å². The van der Waals surface area contributed by atoms with E-state index in [0.717, 1.165) is 6.07 Å². The van der Waals surface area contributed by atoms with Crippen molar-refractivity contribution in [3.05, 3.63) is 58.1 Å². The molecule has 0 aliphatic heterocycles. The van der Waals surface area contributed by atoms with E-state index in [2.05, 4.69) is 4.72 Å². The number of nitro benzene ring substituents is 1. The van der Waals surface area contributed by atoms with E-state index in [-0.39, 0.29) is 10.6 Å². The summed E-state index contributed by atoms with van der Waals surface area (Å²) in [7, 11) is -0.976. The molecule has 2 rings (SSSR count). The number of nitrogens with one attached hydrogen (secondary N) is 1. The molecule has 0 aliphatic rings. The van der Waals surface area contributed by atoms with Crippen LogP contribution in [0.4, 0.5) is 5.69 Å². The topological polar surface area (TPSA) is 108 Å². The SMILES string of the molecule is COc1ccc(OC)c(C(C)NS(=O)(=O)c2cccc([N+](=O)[O-])c2)c1. The molecule has 0 spiro atoms. The molecule has 1 N–H and O–H groups in total. The monoisotopic (exact) mass is 366 g/mol. The summed E-state index contributed by atoms with van der Waals surface area (Å²) in [6.45, 7) is 1.65. The maximum absolute atomic E-state index is 12.5. The summed E-state index contributed by atoms with van der Waals surface area (Å²) in [6, 6.07) is 9.25. The smallest absolute Gasteiger partial charge is 0.270 e. The van der Waals surface area contributed by atoms with Crippen molar-refractivity contribution in [2.75, 3.05) is 14.2 Å². The van der Waals surface area contributed by atoms with Gasteiger partial charge in [-0.1, -0.05) is 6.07 Å².